The zero-order chi connectivity index (χ0) is 14.8. The Hall–Kier alpha value is -2.15. The zero-order valence-corrected chi connectivity index (χ0v) is 11.8. The van der Waals surface area contributed by atoms with Crippen LogP contribution in [0.2, 0.25) is 0 Å². The van der Waals surface area contributed by atoms with Crippen LogP contribution in [0.3, 0.4) is 0 Å². The van der Waals surface area contributed by atoms with Crippen molar-refractivity contribution in [1.82, 2.24) is 9.38 Å². The van der Waals surface area contributed by atoms with Gasteiger partial charge in [-0.25, -0.2) is 4.98 Å². The molecular formula is C14H17N3O4. The predicted octanol–water partition coefficient (Wildman–Crippen LogP) is 2.54. The summed E-state index contributed by atoms with van der Waals surface area (Å²) in [4.78, 5) is 15.3. The summed E-state index contributed by atoms with van der Waals surface area (Å²) in [7, 11) is 0. The normalized spacial score (nSPS) is 16.2. The molecule has 2 aromatic heterocycles. The lowest BCUT2D eigenvalue weighted by Crippen LogP contribution is -2.14. The molecule has 0 spiro atoms. The Balaban J connectivity index is 2.01. The van der Waals surface area contributed by atoms with Crippen LogP contribution in [0.1, 0.15) is 31.4 Å². The highest BCUT2D eigenvalue weighted by atomic mass is 16.6. The van der Waals surface area contributed by atoms with Gasteiger partial charge in [0.1, 0.15) is 5.65 Å². The van der Waals surface area contributed by atoms with Crippen LogP contribution in [0.25, 0.3) is 5.65 Å². The van der Waals surface area contributed by atoms with E-state index in [0.717, 1.165) is 31.7 Å². The SMILES string of the molecule is CCOc1cc2nc(C3CCOCC3)cn2cc1[N+](=O)[O-]. The number of fused-ring (bicyclic) bond motifs is 1. The second-order valence-corrected chi connectivity index (χ2v) is 5.03. The Morgan fingerprint density at radius 3 is 2.90 bits per heavy atom. The lowest BCUT2D eigenvalue weighted by molar-refractivity contribution is -0.386. The first-order valence-electron chi connectivity index (χ1n) is 7.06. The molecule has 2 aromatic rings. The maximum atomic E-state index is 11.1. The Morgan fingerprint density at radius 1 is 1.48 bits per heavy atom. The standard InChI is InChI=1S/C14H17N3O4/c1-2-21-13-7-14-15-11(10-3-5-20-6-4-10)8-16(14)9-12(13)17(18)19/h7-10H,2-6H2,1H3. The lowest BCUT2D eigenvalue weighted by atomic mass is 9.97. The zero-order valence-electron chi connectivity index (χ0n) is 11.8. The molecule has 1 aliphatic heterocycles. The van der Waals surface area contributed by atoms with Crippen LogP contribution < -0.4 is 4.74 Å². The summed E-state index contributed by atoms with van der Waals surface area (Å²) in [6.45, 7) is 3.66. The second-order valence-electron chi connectivity index (χ2n) is 5.03. The molecule has 21 heavy (non-hydrogen) atoms. The fourth-order valence-corrected chi connectivity index (χ4v) is 2.62. The van der Waals surface area contributed by atoms with E-state index < -0.39 is 4.92 Å². The first-order valence-corrected chi connectivity index (χ1v) is 7.06. The summed E-state index contributed by atoms with van der Waals surface area (Å²) in [6, 6.07) is 1.63. The molecule has 7 nitrogen and oxygen atoms in total. The molecule has 1 saturated heterocycles. The van der Waals surface area contributed by atoms with Crippen LogP contribution in [0.4, 0.5) is 5.69 Å². The van der Waals surface area contributed by atoms with Gasteiger partial charge in [0.25, 0.3) is 0 Å². The average molecular weight is 291 g/mol. The molecule has 3 rings (SSSR count). The van der Waals surface area contributed by atoms with Crippen molar-refractivity contribution in [2.24, 2.45) is 0 Å². The fourth-order valence-electron chi connectivity index (χ4n) is 2.62. The van der Waals surface area contributed by atoms with Gasteiger partial charge in [0, 0.05) is 31.4 Å². The minimum Gasteiger partial charge on any atom is -0.487 e. The quantitative estimate of drug-likeness (QED) is 0.639. The van der Waals surface area contributed by atoms with E-state index in [0.29, 0.717) is 18.2 Å². The topological polar surface area (TPSA) is 78.9 Å². The molecule has 0 bridgehead atoms. The largest absolute Gasteiger partial charge is 0.487 e. The van der Waals surface area contributed by atoms with Crippen molar-refractivity contribution in [3.63, 3.8) is 0 Å². The van der Waals surface area contributed by atoms with Crippen molar-refractivity contribution in [3.05, 3.63) is 34.3 Å². The van der Waals surface area contributed by atoms with E-state index in [2.05, 4.69) is 4.98 Å². The smallest absolute Gasteiger partial charge is 0.327 e. The number of rotatable bonds is 4. The molecule has 7 heteroatoms. The van der Waals surface area contributed by atoms with Gasteiger partial charge in [0.2, 0.25) is 5.75 Å². The number of nitro groups is 1. The molecule has 0 radical (unpaired) electrons. The maximum absolute atomic E-state index is 11.1. The molecule has 0 unspecified atom stereocenters. The number of hydrogen-bond donors (Lipinski definition) is 0. The van der Waals surface area contributed by atoms with E-state index in [1.807, 2.05) is 6.20 Å². The van der Waals surface area contributed by atoms with Crippen LogP contribution in [0.5, 0.6) is 5.75 Å². The summed E-state index contributed by atoms with van der Waals surface area (Å²) in [5.41, 5.74) is 1.59. The minimum absolute atomic E-state index is 0.0414. The van der Waals surface area contributed by atoms with Gasteiger partial charge in [0.05, 0.1) is 23.4 Å². The Morgan fingerprint density at radius 2 is 2.24 bits per heavy atom. The molecule has 0 aliphatic carbocycles. The fraction of sp³-hybridized carbons (Fsp3) is 0.500. The van der Waals surface area contributed by atoms with Gasteiger partial charge < -0.3 is 9.47 Å². The van der Waals surface area contributed by atoms with Crippen LogP contribution >= 0.6 is 0 Å². The van der Waals surface area contributed by atoms with E-state index in [4.69, 9.17) is 9.47 Å². The van der Waals surface area contributed by atoms with Crippen molar-refractivity contribution >= 4 is 11.3 Å². The molecule has 112 valence electrons. The van der Waals surface area contributed by atoms with Crippen molar-refractivity contribution in [1.29, 1.82) is 0 Å². The van der Waals surface area contributed by atoms with Crippen LogP contribution in [-0.4, -0.2) is 34.1 Å². The number of pyridine rings is 1. The third kappa shape index (κ3) is 2.69. The molecule has 0 saturated carbocycles. The van der Waals surface area contributed by atoms with Crippen molar-refractivity contribution < 1.29 is 14.4 Å². The van der Waals surface area contributed by atoms with Crippen molar-refractivity contribution in [2.75, 3.05) is 19.8 Å². The summed E-state index contributed by atoms with van der Waals surface area (Å²) in [5.74, 6) is 0.618. The van der Waals surface area contributed by atoms with Gasteiger partial charge in [-0.3, -0.25) is 14.5 Å². The van der Waals surface area contributed by atoms with E-state index in [9.17, 15) is 10.1 Å². The van der Waals surface area contributed by atoms with Crippen molar-refractivity contribution in [2.45, 2.75) is 25.7 Å². The average Bonchev–Trinajstić information content (AvgIpc) is 2.90. The summed E-state index contributed by atoms with van der Waals surface area (Å²) >= 11 is 0. The maximum Gasteiger partial charge on any atom is 0.327 e. The number of imidazole rings is 1. The summed E-state index contributed by atoms with van der Waals surface area (Å²) in [5, 5.41) is 11.1. The third-order valence-corrected chi connectivity index (χ3v) is 3.69. The van der Waals surface area contributed by atoms with Crippen LogP contribution in [0, 0.1) is 10.1 Å². The van der Waals surface area contributed by atoms with Crippen LogP contribution in [-0.2, 0) is 4.74 Å². The minimum atomic E-state index is -0.432. The van der Waals surface area contributed by atoms with E-state index in [1.54, 1.807) is 17.4 Å². The molecule has 0 atom stereocenters. The second kappa shape index (κ2) is 5.69. The van der Waals surface area contributed by atoms with Crippen LogP contribution in [0.15, 0.2) is 18.5 Å². The number of hydrogen-bond acceptors (Lipinski definition) is 5. The highest BCUT2D eigenvalue weighted by Crippen LogP contribution is 2.31. The predicted molar refractivity (Wildman–Crippen MR) is 75.8 cm³/mol. The molecule has 0 aromatic carbocycles. The van der Waals surface area contributed by atoms with Gasteiger partial charge in [-0.15, -0.1) is 0 Å². The Labute approximate surface area is 121 Å². The van der Waals surface area contributed by atoms with Gasteiger partial charge in [-0.2, -0.15) is 0 Å². The third-order valence-electron chi connectivity index (χ3n) is 3.69. The van der Waals surface area contributed by atoms with Gasteiger partial charge in [-0.05, 0) is 19.8 Å². The van der Waals surface area contributed by atoms with Crippen molar-refractivity contribution in [3.8, 4) is 5.75 Å². The van der Waals surface area contributed by atoms with E-state index in [-0.39, 0.29) is 11.4 Å². The monoisotopic (exact) mass is 291 g/mol. The Kier molecular flexibility index (Phi) is 3.74. The van der Waals surface area contributed by atoms with Gasteiger partial charge in [-0.1, -0.05) is 0 Å². The number of aromatic nitrogens is 2. The van der Waals surface area contributed by atoms with Gasteiger partial charge >= 0.3 is 5.69 Å². The highest BCUT2D eigenvalue weighted by molar-refractivity contribution is 5.55. The molecular weight excluding hydrogens is 274 g/mol. The first kappa shape index (κ1) is 13.8. The number of ether oxygens (including phenoxy) is 2. The lowest BCUT2D eigenvalue weighted by Gasteiger charge is -2.19. The Bertz CT molecular complexity index is 662. The van der Waals surface area contributed by atoms with E-state index >= 15 is 0 Å². The highest BCUT2D eigenvalue weighted by Gasteiger charge is 2.22. The molecule has 3 heterocycles. The molecule has 0 amide bonds. The number of nitrogens with zero attached hydrogens (tertiary/aromatic N) is 3. The van der Waals surface area contributed by atoms with Gasteiger partial charge in [0.15, 0.2) is 0 Å². The molecule has 1 fully saturated rings. The summed E-state index contributed by atoms with van der Waals surface area (Å²) in [6.07, 6.45) is 5.21. The molecule has 0 N–H and O–H groups in total. The van der Waals surface area contributed by atoms with E-state index in [1.165, 1.54) is 6.20 Å². The molecule has 1 aliphatic rings. The summed E-state index contributed by atoms with van der Waals surface area (Å²) < 4.78 is 12.4. The first-order chi connectivity index (χ1) is 10.2.